The highest BCUT2D eigenvalue weighted by molar-refractivity contribution is 5.83. The second-order valence-electron chi connectivity index (χ2n) is 4.29. The molecule has 0 amide bonds. The molecule has 0 fully saturated rings. The van der Waals surface area contributed by atoms with Crippen molar-refractivity contribution in [2.45, 2.75) is 19.3 Å². The Labute approximate surface area is 102 Å². The van der Waals surface area contributed by atoms with Gasteiger partial charge >= 0.3 is 0 Å². The van der Waals surface area contributed by atoms with Crippen LogP contribution in [-0.4, -0.2) is 29.8 Å². The molecule has 3 N–H and O–H groups in total. The predicted molar refractivity (Wildman–Crippen MR) is 71.2 cm³/mol. The molecule has 2 rings (SSSR count). The summed E-state index contributed by atoms with van der Waals surface area (Å²) in [5.74, 6) is 0. The smallest absolute Gasteiger partial charge is 0.0456 e. The van der Waals surface area contributed by atoms with Crippen molar-refractivity contribution in [3.05, 3.63) is 36.0 Å². The fraction of sp³-hybridized carbons (Fsp3) is 0.429. The van der Waals surface area contributed by atoms with Gasteiger partial charge in [0.05, 0.1) is 0 Å². The molecule has 3 nitrogen and oxygen atoms in total. The van der Waals surface area contributed by atoms with Crippen LogP contribution in [0.3, 0.4) is 0 Å². The summed E-state index contributed by atoms with van der Waals surface area (Å²) in [5.41, 5.74) is 2.58. The number of H-pyrrole nitrogens is 1. The van der Waals surface area contributed by atoms with E-state index >= 15 is 0 Å². The van der Waals surface area contributed by atoms with E-state index in [1.54, 1.807) is 0 Å². The molecule has 1 aromatic carbocycles. The van der Waals surface area contributed by atoms with Crippen LogP contribution in [0.15, 0.2) is 30.5 Å². The molecule has 0 atom stereocenters. The number of unbranched alkanes of at least 4 members (excludes halogenated alkanes) is 1. The average molecular weight is 232 g/mol. The standard InChI is InChI=1S/C14H20N2O/c17-10-4-3-8-15-9-7-12-11-16-14-6-2-1-5-13(12)14/h1-2,5-6,11,15-17H,3-4,7-10H2. The Morgan fingerprint density at radius 1 is 1.12 bits per heavy atom. The lowest BCUT2D eigenvalue weighted by molar-refractivity contribution is 0.284. The van der Waals surface area contributed by atoms with Gasteiger partial charge in [-0.15, -0.1) is 0 Å². The molecule has 0 aliphatic heterocycles. The van der Waals surface area contributed by atoms with Crippen molar-refractivity contribution in [3.63, 3.8) is 0 Å². The first-order valence-electron chi connectivity index (χ1n) is 6.28. The predicted octanol–water partition coefficient (Wildman–Crippen LogP) is 2.07. The quantitative estimate of drug-likeness (QED) is 0.640. The fourth-order valence-electron chi connectivity index (χ4n) is 2.05. The van der Waals surface area contributed by atoms with Crippen LogP contribution in [0.25, 0.3) is 10.9 Å². The van der Waals surface area contributed by atoms with E-state index in [4.69, 9.17) is 5.11 Å². The van der Waals surface area contributed by atoms with Gasteiger partial charge in [0.1, 0.15) is 0 Å². The molecule has 0 radical (unpaired) electrons. The van der Waals surface area contributed by atoms with Gasteiger partial charge in [-0.1, -0.05) is 18.2 Å². The van der Waals surface area contributed by atoms with Crippen molar-refractivity contribution >= 4 is 10.9 Å². The van der Waals surface area contributed by atoms with Gasteiger partial charge in [0.2, 0.25) is 0 Å². The summed E-state index contributed by atoms with van der Waals surface area (Å²) in [4.78, 5) is 3.29. The SMILES string of the molecule is OCCCCNCCc1c[nH]c2ccccc12. The maximum absolute atomic E-state index is 8.66. The minimum atomic E-state index is 0.296. The summed E-state index contributed by atoms with van der Waals surface area (Å²) in [6, 6.07) is 8.39. The number of benzene rings is 1. The number of fused-ring (bicyclic) bond motifs is 1. The van der Waals surface area contributed by atoms with Crippen LogP contribution in [0.2, 0.25) is 0 Å². The van der Waals surface area contributed by atoms with Crippen LogP contribution >= 0.6 is 0 Å². The largest absolute Gasteiger partial charge is 0.396 e. The Hall–Kier alpha value is -1.32. The third kappa shape index (κ3) is 3.32. The maximum Gasteiger partial charge on any atom is 0.0456 e. The molecule has 0 bridgehead atoms. The normalized spacial score (nSPS) is 11.1. The molecule has 3 heteroatoms. The molecule has 2 aromatic rings. The zero-order valence-electron chi connectivity index (χ0n) is 10.1. The number of hydrogen-bond acceptors (Lipinski definition) is 2. The third-order valence-electron chi connectivity index (χ3n) is 3.01. The monoisotopic (exact) mass is 232 g/mol. The van der Waals surface area contributed by atoms with Gasteiger partial charge in [-0.2, -0.15) is 0 Å². The van der Waals surface area contributed by atoms with Crippen molar-refractivity contribution in [3.8, 4) is 0 Å². The van der Waals surface area contributed by atoms with Crippen molar-refractivity contribution in [2.75, 3.05) is 19.7 Å². The van der Waals surface area contributed by atoms with Crippen LogP contribution < -0.4 is 5.32 Å². The van der Waals surface area contributed by atoms with Crippen molar-refractivity contribution < 1.29 is 5.11 Å². The zero-order chi connectivity index (χ0) is 11.9. The molecule has 0 spiro atoms. The van der Waals surface area contributed by atoms with E-state index in [9.17, 15) is 0 Å². The summed E-state index contributed by atoms with van der Waals surface area (Å²) in [6.45, 7) is 2.28. The number of para-hydroxylation sites is 1. The highest BCUT2D eigenvalue weighted by Gasteiger charge is 2.01. The van der Waals surface area contributed by atoms with Gasteiger partial charge in [-0.05, 0) is 44.0 Å². The summed E-state index contributed by atoms with van der Waals surface area (Å²) < 4.78 is 0. The molecule has 1 aromatic heterocycles. The van der Waals surface area contributed by atoms with Gasteiger partial charge in [0.15, 0.2) is 0 Å². The number of aromatic amines is 1. The number of hydrogen-bond donors (Lipinski definition) is 3. The Morgan fingerprint density at radius 3 is 2.88 bits per heavy atom. The highest BCUT2D eigenvalue weighted by Crippen LogP contribution is 2.17. The van der Waals surface area contributed by atoms with E-state index in [0.29, 0.717) is 6.61 Å². The van der Waals surface area contributed by atoms with E-state index in [1.807, 2.05) is 0 Å². The lowest BCUT2D eigenvalue weighted by Gasteiger charge is -2.03. The van der Waals surface area contributed by atoms with Crippen molar-refractivity contribution in [1.29, 1.82) is 0 Å². The fourth-order valence-corrected chi connectivity index (χ4v) is 2.05. The minimum Gasteiger partial charge on any atom is -0.396 e. The van der Waals surface area contributed by atoms with Gasteiger partial charge in [-0.25, -0.2) is 0 Å². The first kappa shape index (κ1) is 12.1. The zero-order valence-corrected chi connectivity index (χ0v) is 10.1. The first-order chi connectivity index (χ1) is 8.42. The van der Waals surface area contributed by atoms with Crippen LogP contribution in [0.1, 0.15) is 18.4 Å². The molecule has 0 aliphatic rings. The summed E-state index contributed by atoms with van der Waals surface area (Å²) in [5, 5.41) is 13.4. The number of aliphatic hydroxyl groups is 1. The number of rotatable bonds is 7. The lowest BCUT2D eigenvalue weighted by atomic mass is 10.1. The summed E-state index contributed by atoms with van der Waals surface area (Å²) >= 11 is 0. The first-order valence-corrected chi connectivity index (χ1v) is 6.28. The van der Waals surface area contributed by atoms with E-state index in [-0.39, 0.29) is 0 Å². The second kappa shape index (κ2) is 6.42. The van der Waals surface area contributed by atoms with Crippen LogP contribution in [0, 0.1) is 0 Å². The Morgan fingerprint density at radius 2 is 2.00 bits per heavy atom. The molecule has 92 valence electrons. The molecular weight excluding hydrogens is 212 g/mol. The van der Waals surface area contributed by atoms with Gasteiger partial charge in [0.25, 0.3) is 0 Å². The van der Waals surface area contributed by atoms with Crippen LogP contribution in [0.4, 0.5) is 0 Å². The molecule has 17 heavy (non-hydrogen) atoms. The Bertz CT molecular complexity index is 450. The lowest BCUT2D eigenvalue weighted by Crippen LogP contribution is -2.18. The Balaban J connectivity index is 1.79. The second-order valence-corrected chi connectivity index (χ2v) is 4.29. The van der Waals surface area contributed by atoms with Crippen LogP contribution in [-0.2, 0) is 6.42 Å². The van der Waals surface area contributed by atoms with E-state index in [0.717, 1.165) is 32.4 Å². The van der Waals surface area contributed by atoms with Crippen molar-refractivity contribution in [2.24, 2.45) is 0 Å². The third-order valence-corrected chi connectivity index (χ3v) is 3.01. The topological polar surface area (TPSA) is 48.0 Å². The van der Waals surface area contributed by atoms with Gasteiger partial charge < -0.3 is 15.4 Å². The summed E-state index contributed by atoms with van der Waals surface area (Å²) in [7, 11) is 0. The Kier molecular flexibility index (Phi) is 4.59. The van der Waals surface area contributed by atoms with Gasteiger partial charge in [-0.3, -0.25) is 0 Å². The van der Waals surface area contributed by atoms with Crippen LogP contribution in [0.5, 0.6) is 0 Å². The molecular formula is C14H20N2O. The molecule has 1 heterocycles. The number of aliphatic hydroxyl groups excluding tert-OH is 1. The molecule has 0 aliphatic carbocycles. The molecule has 0 unspecified atom stereocenters. The van der Waals surface area contributed by atoms with E-state index < -0.39 is 0 Å². The van der Waals surface area contributed by atoms with Gasteiger partial charge in [0, 0.05) is 23.7 Å². The van der Waals surface area contributed by atoms with E-state index in [2.05, 4.69) is 40.8 Å². The van der Waals surface area contributed by atoms with E-state index in [1.165, 1.54) is 16.5 Å². The summed E-state index contributed by atoms with van der Waals surface area (Å²) in [6.07, 6.45) is 5.08. The maximum atomic E-state index is 8.66. The molecule has 0 saturated carbocycles. The highest BCUT2D eigenvalue weighted by atomic mass is 16.2. The van der Waals surface area contributed by atoms with Crippen molar-refractivity contribution in [1.82, 2.24) is 10.3 Å². The average Bonchev–Trinajstić information content (AvgIpc) is 2.77. The molecule has 0 saturated heterocycles. The minimum absolute atomic E-state index is 0.296. The number of nitrogens with one attached hydrogen (secondary N) is 2. The number of aromatic nitrogens is 1.